The van der Waals surface area contributed by atoms with Gasteiger partial charge in [-0.3, -0.25) is 14.5 Å². The largest absolute Gasteiger partial charge is 0.328 e. The van der Waals surface area contributed by atoms with E-state index in [1.165, 1.54) is 38.2 Å². The van der Waals surface area contributed by atoms with Crippen LogP contribution in [0.4, 0.5) is 0 Å². The molecule has 0 radical (unpaired) electrons. The smallest absolute Gasteiger partial charge is 0.0537 e. The van der Waals surface area contributed by atoms with E-state index in [4.69, 9.17) is 5.73 Å². The number of hydrogen-bond donors (Lipinski definition) is 1. The first-order valence-electron chi connectivity index (χ1n) is 7.85. The van der Waals surface area contributed by atoms with Gasteiger partial charge in [-0.05, 0) is 39.3 Å². The molecule has 0 spiro atoms. The monoisotopic (exact) mass is 277 g/mol. The van der Waals surface area contributed by atoms with Gasteiger partial charge in [0.05, 0.1) is 6.20 Å². The summed E-state index contributed by atoms with van der Waals surface area (Å²) in [6, 6.07) is 1.63. The van der Waals surface area contributed by atoms with E-state index in [-0.39, 0.29) is 0 Å². The molecule has 5 nitrogen and oxygen atoms in total. The zero-order chi connectivity index (χ0) is 14.1. The van der Waals surface area contributed by atoms with Gasteiger partial charge < -0.3 is 5.73 Å². The van der Waals surface area contributed by atoms with Crippen molar-refractivity contribution in [2.75, 3.05) is 26.2 Å². The molecule has 1 aromatic rings. The van der Waals surface area contributed by atoms with Crippen molar-refractivity contribution in [3.05, 3.63) is 18.0 Å². The highest BCUT2D eigenvalue weighted by Gasteiger charge is 2.32. The molecule has 2 saturated heterocycles. The van der Waals surface area contributed by atoms with Crippen LogP contribution in [0, 0.1) is 0 Å². The fourth-order valence-corrected chi connectivity index (χ4v) is 3.57. The Morgan fingerprint density at radius 2 is 2.00 bits per heavy atom. The minimum absolute atomic E-state index is 0.429. The second-order valence-electron chi connectivity index (χ2n) is 6.43. The molecule has 3 heterocycles. The lowest BCUT2D eigenvalue weighted by molar-refractivity contribution is 0.146. The Morgan fingerprint density at radius 1 is 1.25 bits per heavy atom. The lowest BCUT2D eigenvalue weighted by Gasteiger charge is -2.35. The molecule has 5 heteroatoms. The predicted molar refractivity (Wildman–Crippen MR) is 80.4 cm³/mol. The van der Waals surface area contributed by atoms with Crippen LogP contribution in [-0.4, -0.2) is 57.8 Å². The summed E-state index contributed by atoms with van der Waals surface area (Å²) >= 11 is 0. The van der Waals surface area contributed by atoms with E-state index in [0.29, 0.717) is 12.1 Å². The number of piperidine rings is 1. The summed E-state index contributed by atoms with van der Waals surface area (Å²) in [5.41, 5.74) is 7.33. The first-order valence-corrected chi connectivity index (χ1v) is 7.85. The molecule has 3 rings (SSSR count). The fourth-order valence-electron chi connectivity index (χ4n) is 3.57. The molecule has 2 fully saturated rings. The molecule has 112 valence electrons. The molecule has 0 bridgehead atoms. The molecular weight excluding hydrogens is 250 g/mol. The maximum Gasteiger partial charge on any atom is 0.0537 e. The maximum atomic E-state index is 6.00. The highest BCUT2D eigenvalue weighted by atomic mass is 15.3. The third-order valence-electron chi connectivity index (χ3n) is 5.04. The van der Waals surface area contributed by atoms with Crippen LogP contribution in [0.3, 0.4) is 0 Å². The topological polar surface area (TPSA) is 50.3 Å². The summed E-state index contributed by atoms with van der Waals surface area (Å²) in [4.78, 5) is 5.25. The summed E-state index contributed by atoms with van der Waals surface area (Å²) in [5, 5.41) is 4.29. The molecule has 2 aliphatic heterocycles. The van der Waals surface area contributed by atoms with Crippen molar-refractivity contribution < 1.29 is 0 Å². The normalized spacial score (nSPS) is 28.1. The summed E-state index contributed by atoms with van der Waals surface area (Å²) in [7, 11) is 1.99. The zero-order valence-electron chi connectivity index (χ0n) is 12.7. The van der Waals surface area contributed by atoms with E-state index in [1.807, 2.05) is 17.9 Å². The lowest BCUT2D eigenvalue weighted by atomic mass is 10.0. The van der Waals surface area contributed by atoms with Crippen LogP contribution >= 0.6 is 0 Å². The van der Waals surface area contributed by atoms with Crippen LogP contribution < -0.4 is 5.73 Å². The molecule has 20 heavy (non-hydrogen) atoms. The number of aryl methyl sites for hydroxylation is 1. The molecule has 2 N–H and O–H groups in total. The van der Waals surface area contributed by atoms with E-state index in [0.717, 1.165) is 18.9 Å². The van der Waals surface area contributed by atoms with Gasteiger partial charge in [0, 0.05) is 50.0 Å². The Labute approximate surface area is 121 Å². The zero-order valence-corrected chi connectivity index (χ0v) is 12.7. The molecule has 1 aromatic heterocycles. The van der Waals surface area contributed by atoms with Gasteiger partial charge in [-0.15, -0.1) is 0 Å². The minimum atomic E-state index is 0.429. The van der Waals surface area contributed by atoms with Gasteiger partial charge in [-0.2, -0.15) is 5.10 Å². The number of hydrogen-bond acceptors (Lipinski definition) is 4. The quantitative estimate of drug-likeness (QED) is 0.895. The fraction of sp³-hybridized carbons (Fsp3) is 0.800. The Bertz CT molecular complexity index is 435. The van der Waals surface area contributed by atoms with Crippen LogP contribution in [0.25, 0.3) is 0 Å². The summed E-state index contributed by atoms with van der Waals surface area (Å²) < 4.78 is 1.89. The number of aromatic nitrogens is 2. The van der Waals surface area contributed by atoms with Crippen molar-refractivity contribution in [1.82, 2.24) is 19.6 Å². The average molecular weight is 277 g/mol. The number of nitrogens with two attached hydrogens (primary N) is 1. The first kappa shape index (κ1) is 14.0. The van der Waals surface area contributed by atoms with Crippen LogP contribution in [0.15, 0.2) is 12.4 Å². The Kier molecular flexibility index (Phi) is 4.10. The second-order valence-corrected chi connectivity index (χ2v) is 6.43. The molecule has 2 unspecified atom stereocenters. The van der Waals surface area contributed by atoms with Gasteiger partial charge in [0.2, 0.25) is 0 Å². The van der Waals surface area contributed by atoms with Crippen molar-refractivity contribution in [3.63, 3.8) is 0 Å². The Hall–Kier alpha value is -0.910. The van der Waals surface area contributed by atoms with Crippen molar-refractivity contribution in [1.29, 1.82) is 0 Å². The highest BCUT2D eigenvalue weighted by molar-refractivity contribution is 5.10. The van der Waals surface area contributed by atoms with Crippen LogP contribution in [-0.2, 0) is 7.05 Å². The van der Waals surface area contributed by atoms with Crippen molar-refractivity contribution >= 4 is 0 Å². The summed E-state index contributed by atoms with van der Waals surface area (Å²) in [6.45, 7) is 7.04. The Morgan fingerprint density at radius 3 is 2.65 bits per heavy atom. The van der Waals surface area contributed by atoms with E-state index in [9.17, 15) is 0 Å². The van der Waals surface area contributed by atoms with Gasteiger partial charge in [0.25, 0.3) is 0 Å². The van der Waals surface area contributed by atoms with Crippen LogP contribution in [0.1, 0.15) is 37.8 Å². The molecule has 0 saturated carbocycles. The van der Waals surface area contributed by atoms with E-state index < -0.39 is 0 Å². The number of likely N-dealkylation sites (tertiary alicyclic amines) is 2. The predicted octanol–water partition coefficient (Wildman–Crippen LogP) is 0.979. The summed E-state index contributed by atoms with van der Waals surface area (Å²) in [5.74, 6) is 0. The van der Waals surface area contributed by atoms with E-state index in [1.54, 1.807) is 0 Å². The molecule has 2 atom stereocenters. The van der Waals surface area contributed by atoms with Crippen molar-refractivity contribution in [2.24, 2.45) is 12.8 Å². The molecule has 0 aliphatic carbocycles. The van der Waals surface area contributed by atoms with Gasteiger partial charge in [-0.25, -0.2) is 0 Å². The minimum Gasteiger partial charge on any atom is -0.328 e. The molecule has 0 aromatic carbocycles. The standard InChI is InChI=1S/C15H27N5/c1-12(13-9-17-18(2)10-13)20-8-5-15(11-20)19-6-3-14(16)4-7-19/h9-10,12,14-15H,3-8,11,16H2,1-2H3. The SMILES string of the molecule is CC(c1cnn(C)c1)N1CCC(N2CCC(N)CC2)C1. The average Bonchev–Trinajstić information content (AvgIpc) is 3.08. The maximum absolute atomic E-state index is 6.00. The van der Waals surface area contributed by atoms with Gasteiger partial charge >= 0.3 is 0 Å². The first-order chi connectivity index (χ1) is 9.63. The van der Waals surface area contributed by atoms with Crippen LogP contribution in [0.5, 0.6) is 0 Å². The number of nitrogens with zero attached hydrogens (tertiary/aromatic N) is 4. The molecule has 2 aliphatic rings. The number of rotatable bonds is 3. The van der Waals surface area contributed by atoms with Crippen LogP contribution in [0.2, 0.25) is 0 Å². The third-order valence-corrected chi connectivity index (χ3v) is 5.04. The van der Waals surface area contributed by atoms with Crippen molar-refractivity contribution in [2.45, 2.75) is 44.3 Å². The van der Waals surface area contributed by atoms with E-state index in [2.05, 4.69) is 28.0 Å². The van der Waals surface area contributed by atoms with Crippen molar-refractivity contribution in [3.8, 4) is 0 Å². The molecular formula is C15H27N5. The highest BCUT2D eigenvalue weighted by Crippen LogP contribution is 2.27. The summed E-state index contributed by atoms with van der Waals surface area (Å²) in [6.07, 6.45) is 7.75. The lowest BCUT2D eigenvalue weighted by Crippen LogP contribution is -2.46. The third kappa shape index (κ3) is 2.90. The Balaban J connectivity index is 1.56. The van der Waals surface area contributed by atoms with E-state index >= 15 is 0 Å². The molecule has 0 amide bonds. The van der Waals surface area contributed by atoms with Gasteiger partial charge in [0.1, 0.15) is 0 Å². The van der Waals surface area contributed by atoms with Gasteiger partial charge in [0.15, 0.2) is 0 Å². The second kappa shape index (κ2) is 5.84. The van der Waals surface area contributed by atoms with Gasteiger partial charge in [-0.1, -0.05) is 0 Å².